The third kappa shape index (κ3) is 3.10. The first-order valence-electron chi connectivity index (χ1n) is 10.4. The summed E-state index contributed by atoms with van der Waals surface area (Å²) in [7, 11) is 1.45. The van der Waals surface area contributed by atoms with E-state index in [4.69, 9.17) is 15.7 Å². The molecule has 0 spiro atoms. The molecule has 3 heteroatoms. The van der Waals surface area contributed by atoms with Gasteiger partial charge in [0.15, 0.2) is 0 Å². The molecule has 19 heavy (non-hydrogen) atoms. The number of methoxy groups -OCH3 is 1. The van der Waals surface area contributed by atoms with E-state index in [9.17, 15) is 5.11 Å². The van der Waals surface area contributed by atoms with Crippen LogP contribution in [-0.2, 0) is 5.60 Å². The molecule has 1 fully saturated rings. The monoisotopic (exact) mass is 271 g/mol. The molecule has 3 nitrogen and oxygen atoms in total. The molecule has 0 unspecified atom stereocenters. The van der Waals surface area contributed by atoms with Crippen LogP contribution in [0.15, 0.2) is 24.3 Å². The first kappa shape index (κ1) is 7.09. The quantitative estimate of drug-likeness (QED) is 0.914. The second-order valence-electron chi connectivity index (χ2n) is 4.87. The van der Waals surface area contributed by atoms with Crippen molar-refractivity contribution in [1.82, 2.24) is 4.90 Å². The summed E-state index contributed by atoms with van der Waals surface area (Å²) in [5, 5.41) is 11.5. The molecule has 1 aliphatic rings. The van der Waals surface area contributed by atoms with Crippen LogP contribution < -0.4 is 4.74 Å². The molecular weight excluding hydrogens is 238 g/mol. The minimum absolute atomic E-state index is 0.0821. The van der Waals surface area contributed by atoms with Gasteiger partial charge in [-0.2, -0.15) is 0 Å². The largest absolute Gasteiger partial charge is 0.497 e. The van der Waals surface area contributed by atoms with E-state index in [1.165, 1.54) is 13.2 Å². The lowest BCUT2D eigenvalue weighted by molar-refractivity contribution is -0.0619. The van der Waals surface area contributed by atoms with Crippen molar-refractivity contribution in [3.8, 4) is 5.75 Å². The summed E-state index contributed by atoms with van der Waals surface area (Å²) in [6.45, 7) is -6.28. The number of benzene rings is 1. The van der Waals surface area contributed by atoms with Crippen molar-refractivity contribution in [2.45, 2.75) is 31.2 Å². The van der Waals surface area contributed by atoms with Gasteiger partial charge in [0.2, 0.25) is 0 Å². The zero-order valence-electron chi connectivity index (χ0n) is 19.0. The average Bonchev–Trinajstić information content (AvgIpc) is 2.53. The number of aliphatic hydroxyl groups is 1. The first-order chi connectivity index (χ1) is 12.2. The van der Waals surface area contributed by atoms with Crippen molar-refractivity contribution < 1.29 is 20.8 Å². The number of nitrogens with zero attached hydrogens (tertiary/aromatic N) is 1. The van der Waals surface area contributed by atoms with E-state index >= 15 is 0 Å². The zero-order valence-corrected chi connectivity index (χ0v) is 11.0. The molecule has 0 heterocycles. The third-order valence-corrected chi connectivity index (χ3v) is 3.63. The van der Waals surface area contributed by atoms with Gasteiger partial charge in [-0.25, -0.2) is 0 Å². The Morgan fingerprint density at radius 3 is 3.11 bits per heavy atom. The molecule has 0 aliphatic heterocycles. The van der Waals surface area contributed by atoms with Gasteiger partial charge in [-0.1, -0.05) is 25.0 Å². The van der Waals surface area contributed by atoms with Gasteiger partial charge in [-0.05, 0) is 44.4 Å². The maximum atomic E-state index is 11.5. The van der Waals surface area contributed by atoms with E-state index in [-0.39, 0.29) is 12.0 Å². The lowest BCUT2D eigenvalue weighted by atomic mass is 9.71. The molecule has 0 radical (unpaired) electrons. The van der Waals surface area contributed by atoms with Crippen LogP contribution in [0.1, 0.15) is 42.2 Å². The van der Waals surface area contributed by atoms with E-state index in [1.54, 1.807) is 18.2 Å². The Kier molecular flexibility index (Phi) is 2.21. The number of ether oxygens (including phenoxy) is 1. The lowest BCUT2D eigenvalue weighted by Gasteiger charge is -2.41. The van der Waals surface area contributed by atoms with Gasteiger partial charge in [0.05, 0.1) is 12.7 Å². The molecule has 2 atom stereocenters. The zero-order chi connectivity index (χ0) is 20.7. The Bertz CT molecular complexity index is 647. The Morgan fingerprint density at radius 2 is 2.37 bits per heavy atom. The molecular formula is C16H25NO2. The number of hydrogen-bond acceptors (Lipinski definition) is 3. The van der Waals surface area contributed by atoms with Crippen molar-refractivity contribution >= 4 is 0 Å². The molecule has 1 saturated carbocycles. The highest BCUT2D eigenvalue weighted by molar-refractivity contribution is 5.33. The van der Waals surface area contributed by atoms with Crippen LogP contribution in [0.3, 0.4) is 0 Å². The van der Waals surface area contributed by atoms with E-state index in [0.29, 0.717) is 23.5 Å². The van der Waals surface area contributed by atoms with Crippen LogP contribution in [0.2, 0.25) is 0 Å². The normalized spacial score (nSPS) is 37.7. The maximum absolute atomic E-state index is 11.5. The fourth-order valence-corrected chi connectivity index (χ4v) is 2.62. The first-order valence-corrected chi connectivity index (χ1v) is 6.38. The van der Waals surface area contributed by atoms with Gasteiger partial charge in [-0.3, -0.25) is 0 Å². The molecule has 1 aromatic carbocycles. The highest BCUT2D eigenvalue weighted by atomic mass is 16.5. The standard InChI is InChI=1S/C16H25NO2/c1-17(2)12-14-7-4-5-10-16(14,18)13-8-6-9-15(11-13)19-3/h6,8-9,11,14,18H,4-5,7,10,12H2,1-3H3/t14-,16+/m0/s1/i1D3,2D3,10D2. The fourth-order valence-electron chi connectivity index (χ4n) is 2.62. The molecule has 2 rings (SSSR count). The van der Waals surface area contributed by atoms with Crippen molar-refractivity contribution in [2.24, 2.45) is 5.92 Å². The predicted molar refractivity (Wildman–Crippen MR) is 77.4 cm³/mol. The smallest absolute Gasteiger partial charge is 0.119 e. The third-order valence-electron chi connectivity index (χ3n) is 3.63. The van der Waals surface area contributed by atoms with Crippen LogP contribution in [-0.4, -0.2) is 37.6 Å². The highest BCUT2D eigenvalue weighted by Gasteiger charge is 2.40. The van der Waals surface area contributed by atoms with Crippen molar-refractivity contribution in [2.75, 3.05) is 27.6 Å². The molecule has 0 bridgehead atoms. The summed E-state index contributed by atoms with van der Waals surface area (Å²) in [5.74, 6) is -0.501. The SMILES string of the molecule is [2H]C([2H])([2H])N(C[C@@H]1CCCC([2H])([2H])[C@@]1(O)c1cccc(OC)c1)C([2H])([2H])[2H]. The Hall–Kier alpha value is -1.06. The summed E-state index contributed by atoms with van der Waals surface area (Å²) in [5.41, 5.74) is -1.80. The summed E-state index contributed by atoms with van der Waals surface area (Å²) >= 11 is 0. The van der Waals surface area contributed by atoms with E-state index in [2.05, 4.69) is 0 Å². The highest BCUT2D eigenvalue weighted by Crippen LogP contribution is 2.42. The minimum Gasteiger partial charge on any atom is -0.497 e. The second-order valence-corrected chi connectivity index (χ2v) is 4.87. The topological polar surface area (TPSA) is 32.7 Å². The van der Waals surface area contributed by atoms with E-state index in [0.717, 1.165) is 0 Å². The molecule has 0 amide bonds. The fraction of sp³-hybridized carbons (Fsp3) is 0.625. The maximum Gasteiger partial charge on any atom is 0.119 e. The van der Waals surface area contributed by atoms with Crippen molar-refractivity contribution in [1.29, 1.82) is 0 Å². The van der Waals surface area contributed by atoms with E-state index < -0.39 is 38.4 Å². The Balaban J connectivity index is 2.52. The predicted octanol–water partition coefficient (Wildman–Crippen LogP) is 2.63. The molecule has 1 aliphatic carbocycles. The minimum atomic E-state index is -2.90. The van der Waals surface area contributed by atoms with Gasteiger partial charge in [0, 0.05) is 23.4 Å². The second kappa shape index (κ2) is 5.93. The molecule has 1 N–H and O–H groups in total. The summed E-state index contributed by atoms with van der Waals surface area (Å²) < 4.78 is 67.4. The molecule has 0 aromatic heterocycles. The average molecular weight is 271 g/mol. The summed E-state index contributed by atoms with van der Waals surface area (Å²) in [6, 6.07) is 6.31. The lowest BCUT2D eigenvalue weighted by Crippen LogP contribution is -2.43. The molecule has 106 valence electrons. The molecule has 0 saturated heterocycles. The van der Waals surface area contributed by atoms with Crippen LogP contribution in [0.4, 0.5) is 0 Å². The molecule has 1 aromatic rings. The van der Waals surface area contributed by atoms with Crippen LogP contribution in [0.5, 0.6) is 5.75 Å². The van der Waals surface area contributed by atoms with Gasteiger partial charge >= 0.3 is 0 Å². The van der Waals surface area contributed by atoms with Gasteiger partial charge < -0.3 is 14.7 Å². The van der Waals surface area contributed by atoms with Crippen molar-refractivity contribution in [3.63, 3.8) is 0 Å². The van der Waals surface area contributed by atoms with Crippen LogP contribution in [0.25, 0.3) is 0 Å². The van der Waals surface area contributed by atoms with Gasteiger partial charge in [0.25, 0.3) is 0 Å². The Morgan fingerprint density at radius 1 is 1.53 bits per heavy atom. The van der Waals surface area contributed by atoms with Gasteiger partial charge in [-0.15, -0.1) is 0 Å². The summed E-state index contributed by atoms with van der Waals surface area (Å²) in [4.78, 5) is 0.386. The van der Waals surface area contributed by atoms with Gasteiger partial charge in [0.1, 0.15) is 5.75 Å². The number of rotatable bonds is 4. The Labute approximate surface area is 127 Å². The van der Waals surface area contributed by atoms with E-state index in [1.807, 2.05) is 0 Å². The van der Waals surface area contributed by atoms with Crippen molar-refractivity contribution in [3.05, 3.63) is 29.8 Å². The number of hydrogen-bond donors (Lipinski definition) is 1. The van der Waals surface area contributed by atoms with Crippen LogP contribution in [0, 0.1) is 5.92 Å². The van der Waals surface area contributed by atoms with Crippen LogP contribution >= 0.6 is 0 Å². The summed E-state index contributed by atoms with van der Waals surface area (Å²) in [6.07, 6.45) is -1.26.